The van der Waals surface area contributed by atoms with Crippen LogP contribution in [0.2, 0.25) is 0 Å². The van der Waals surface area contributed by atoms with Gasteiger partial charge in [0, 0.05) is 6.54 Å². The molecule has 0 aromatic heterocycles. The molecule has 0 saturated carbocycles. The summed E-state index contributed by atoms with van der Waals surface area (Å²) in [6.45, 7) is 0.856. The lowest BCUT2D eigenvalue weighted by Crippen LogP contribution is -2.43. The van der Waals surface area contributed by atoms with Crippen LogP contribution < -0.4 is 23.7 Å². The molecule has 0 bridgehead atoms. The first-order chi connectivity index (χ1) is 17.1. The second-order valence-electron chi connectivity index (χ2n) is 8.25. The maximum atomic E-state index is 13.5. The van der Waals surface area contributed by atoms with E-state index in [2.05, 4.69) is 0 Å². The van der Waals surface area contributed by atoms with Gasteiger partial charge in [-0.25, -0.2) is 0 Å². The molecule has 7 heteroatoms. The Morgan fingerprint density at radius 2 is 1.49 bits per heavy atom. The van der Waals surface area contributed by atoms with Crippen molar-refractivity contribution >= 4 is 5.91 Å². The van der Waals surface area contributed by atoms with Crippen LogP contribution in [-0.2, 0) is 17.6 Å². The third-order valence-corrected chi connectivity index (χ3v) is 6.30. The van der Waals surface area contributed by atoms with Gasteiger partial charge in [-0.3, -0.25) is 4.79 Å². The van der Waals surface area contributed by atoms with Gasteiger partial charge in [-0.1, -0.05) is 24.3 Å². The van der Waals surface area contributed by atoms with Crippen molar-refractivity contribution in [3.8, 4) is 28.7 Å². The Morgan fingerprint density at radius 1 is 0.829 bits per heavy atom. The Kier molecular flexibility index (Phi) is 7.65. The monoisotopic (exact) mass is 477 g/mol. The van der Waals surface area contributed by atoms with E-state index in [1.54, 1.807) is 28.4 Å². The molecule has 1 aliphatic heterocycles. The lowest BCUT2D eigenvalue weighted by atomic mass is 9.91. The predicted octanol–water partition coefficient (Wildman–Crippen LogP) is 4.47. The van der Waals surface area contributed by atoms with Gasteiger partial charge in [0.05, 0.1) is 40.9 Å². The van der Waals surface area contributed by atoms with Gasteiger partial charge in [-0.05, 0) is 59.5 Å². The molecule has 0 aliphatic carbocycles. The first-order valence-corrected chi connectivity index (χ1v) is 11.5. The standard InChI is InChI=1S/C28H31NO6/c1-31-21-11-9-19(10-12-21)15-28(30)29-14-13-20-16-26(33-3)27(34-4)17-22(20)23(29)18-35-25-8-6-5-7-24(25)32-2/h5-12,16-17,23H,13-15,18H2,1-4H3. The summed E-state index contributed by atoms with van der Waals surface area (Å²) in [7, 11) is 6.47. The molecule has 0 saturated heterocycles. The van der Waals surface area contributed by atoms with Crippen LogP contribution in [0.3, 0.4) is 0 Å². The number of benzene rings is 3. The zero-order valence-corrected chi connectivity index (χ0v) is 20.6. The number of carbonyl (C=O) groups is 1. The number of carbonyl (C=O) groups excluding carboxylic acids is 1. The second kappa shape index (κ2) is 11.0. The molecule has 7 nitrogen and oxygen atoms in total. The van der Waals surface area contributed by atoms with Crippen LogP contribution in [0.1, 0.15) is 22.7 Å². The fourth-order valence-electron chi connectivity index (χ4n) is 4.43. The number of methoxy groups -OCH3 is 4. The Balaban J connectivity index is 1.64. The van der Waals surface area contributed by atoms with Gasteiger partial charge in [0.2, 0.25) is 5.91 Å². The summed E-state index contributed by atoms with van der Waals surface area (Å²) in [6, 6.07) is 18.7. The fourth-order valence-corrected chi connectivity index (χ4v) is 4.43. The van der Waals surface area contributed by atoms with Gasteiger partial charge in [0.25, 0.3) is 0 Å². The maximum absolute atomic E-state index is 13.5. The van der Waals surface area contributed by atoms with Crippen molar-refractivity contribution in [1.82, 2.24) is 4.90 Å². The van der Waals surface area contributed by atoms with Gasteiger partial charge >= 0.3 is 0 Å². The van der Waals surface area contributed by atoms with Gasteiger partial charge in [-0.15, -0.1) is 0 Å². The van der Waals surface area contributed by atoms with E-state index in [0.717, 1.165) is 28.9 Å². The molecule has 1 aliphatic rings. The van der Waals surface area contributed by atoms with Crippen molar-refractivity contribution in [3.05, 3.63) is 77.4 Å². The summed E-state index contributed by atoms with van der Waals surface area (Å²) in [5, 5.41) is 0. The van der Waals surface area contributed by atoms with Gasteiger partial charge in [0.1, 0.15) is 12.4 Å². The maximum Gasteiger partial charge on any atom is 0.227 e. The molecule has 35 heavy (non-hydrogen) atoms. The van der Waals surface area contributed by atoms with E-state index in [-0.39, 0.29) is 25.0 Å². The summed E-state index contributed by atoms with van der Waals surface area (Å²) in [5.74, 6) is 3.37. The topological polar surface area (TPSA) is 66.5 Å². The van der Waals surface area contributed by atoms with E-state index in [1.807, 2.05) is 65.6 Å². The summed E-state index contributed by atoms with van der Waals surface area (Å²) in [4.78, 5) is 15.4. The van der Waals surface area contributed by atoms with Crippen LogP contribution in [0.4, 0.5) is 0 Å². The average Bonchev–Trinajstić information content (AvgIpc) is 2.91. The lowest BCUT2D eigenvalue weighted by Gasteiger charge is -2.38. The van der Waals surface area contributed by atoms with Crippen LogP contribution in [0.5, 0.6) is 28.7 Å². The zero-order chi connectivity index (χ0) is 24.8. The Morgan fingerprint density at radius 3 is 2.14 bits per heavy atom. The normalized spacial score (nSPS) is 14.6. The minimum absolute atomic E-state index is 0.0317. The molecule has 1 heterocycles. The van der Waals surface area contributed by atoms with Crippen molar-refractivity contribution in [1.29, 1.82) is 0 Å². The lowest BCUT2D eigenvalue weighted by molar-refractivity contribution is -0.134. The second-order valence-corrected chi connectivity index (χ2v) is 8.25. The number of ether oxygens (including phenoxy) is 5. The van der Waals surface area contributed by atoms with Gasteiger partial charge in [-0.2, -0.15) is 0 Å². The van der Waals surface area contributed by atoms with Crippen molar-refractivity contribution in [3.63, 3.8) is 0 Å². The van der Waals surface area contributed by atoms with Crippen LogP contribution in [0, 0.1) is 0 Å². The molecule has 1 atom stereocenters. The Hall–Kier alpha value is -3.87. The quantitative estimate of drug-likeness (QED) is 0.453. The van der Waals surface area contributed by atoms with Crippen molar-refractivity contribution in [2.75, 3.05) is 41.6 Å². The van der Waals surface area contributed by atoms with Crippen LogP contribution in [0.25, 0.3) is 0 Å². The number of amides is 1. The number of rotatable bonds is 9. The molecule has 0 fully saturated rings. The van der Waals surface area contributed by atoms with Crippen LogP contribution >= 0.6 is 0 Å². The highest BCUT2D eigenvalue weighted by Crippen LogP contribution is 2.39. The summed E-state index contributed by atoms with van der Waals surface area (Å²) in [5.41, 5.74) is 3.04. The molecule has 3 aromatic carbocycles. The molecular formula is C28H31NO6. The first-order valence-electron chi connectivity index (χ1n) is 11.5. The molecule has 3 aromatic rings. The molecule has 1 unspecified atom stereocenters. The van der Waals surface area contributed by atoms with E-state index >= 15 is 0 Å². The molecule has 4 rings (SSSR count). The van der Waals surface area contributed by atoms with Gasteiger partial charge < -0.3 is 28.6 Å². The highest BCUT2D eigenvalue weighted by atomic mass is 16.5. The zero-order valence-electron chi connectivity index (χ0n) is 20.6. The molecule has 0 radical (unpaired) electrons. The number of fused-ring (bicyclic) bond motifs is 1. The van der Waals surface area contributed by atoms with Crippen molar-refractivity contribution < 1.29 is 28.5 Å². The van der Waals surface area contributed by atoms with Crippen LogP contribution in [-0.4, -0.2) is 52.4 Å². The summed E-state index contributed by atoms with van der Waals surface area (Å²) >= 11 is 0. The number of nitrogens with zero attached hydrogens (tertiary/aromatic N) is 1. The predicted molar refractivity (Wildman–Crippen MR) is 133 cm³/mol. The number of hydrogen-bond acceptors (Lipinski definition) is 6. The van der Waals surface area contributed by atoms with E-state index in [0.29, 0.717) is 29.5 Å². The molecule has 184 valence electrons. The largest absolute Gasteiger partial charge is 0.497 e. The van der Waals surface area contributed by atoms with Crippen molar-refractivity contribution in [2.24, 2.45) is 0 Å². The van der Waals surface area contributed by atoms with E-state index in [9.17, 15) is 4.79 Å². The summed E-state index contributed by atoms with van der Waals surface area (Å²) < 4.78 is 28.0. The van der Waals surface area contributed by atoms with E-state index in [4.69, 9.17) is 23.7 Å². The van der Waals surface area contributed by atoms with E-state index < -0.39 is 0 Å². The minimum atomic E-state index is -0.297. The Bertz CT molecular complexity index is 1160. The minimum Gasteiger partial charge on any atom is -0.497 e. The van der Waals surface area contributed by atoms with Crippen molar-refractivity contribution in [2.45, 2.75) is 18.9 Å². The third-order valence-electron chi connectivity index (χ3n) is 6.30. The van der Waals surface area contributed by atoms with Crippen LogP contribution in [0.15, 0.2) is 60.7 Å². The first kappa shape index (κ1) is 24.3. The summed E-state index contributed by atoms with van der Waals surface area (Å²) in [6.07, 6.45) is 1.01. The number of para-hydroxylation sites is 2. The highest BCUT2D eigenvalue weighted by Gasteiger charge is 2.33. The molecule has 1 amide bonds. The molecule has 0 spiro atoms. The molecule has 0 N–H and O–H groups in total. The smallest absolute Gasteiger partial charge is 0.227 e. The SMILES string of the molecule is COc1ccc(CC(=O)N2CCc3cc(OC)c(OC)cc3C2COc2ccccc2OC)cc1. The fraction of sp³-hybridized carbons (Fsp3) is 0.321. The Labute approximate surface area is 206 Å². The third kappa shape index (κ3) is 5.29. The average molecular weight is 478 g/mol. The molecular weight excluding hydrogens is 446 g/mol. The number of hydrogen-bond donors (Lipinski definition) is 0. The van der Waals surface area contributed by atoms with E-state index in [1.165, 1.54) is 0 Å². The van der Waals surface area contributed by atoms with Gasteiger partial charge in [0.15, 0.2) is 23.0 Å². The highest BCUT2D eigenvalue weighted by molar-refractivity contribution is 5.80.